The SMILES string of the molecule is CC.CC(O)(c1cccs1)c1cccs1. The summed E-state index contributed by atoms with van der Waals surface area (Å²) >= 11 is 3.17. The lowest BCUT2D eigenvalue weighted by molar-refractivity contribution is 0.110. The van der Waals surface area contributed by atoms with Crippen LogP contribution in [0.1, 0.15) is 30.5 Å². The van der Waals surface area contributed by atoms with E-state index < -0.39 is 5.60 Å². The molecule has 0 fully saturated rings. The van der Waals surface area contributed by atoms with E-state index >= 15 is 0 Å². The number of hydrogen-bond acceptors (Lipinski definition) is 3. The standard InChI is InChI=1S/C10H10OS2.C2H6/c1-10(11,8-4-2-6-12-8)9-5-3-7-13-9;1-2/h2-7,11H,1H3;1-2H3. The normalized spacial score (nSPS) is 10.7. The topological polar surface area (TPSA) is 20.2 Å². The molecule has 82 valence electrons. The molecule has 1 N–H and O–H groups in total. The molecule has 0 atom stereocenters. The van der Waals surface area contributed by atoms with E-state index in [0.717, 1.165) is 9.75 Å². The highest BCUT2D eigenvalue weighted by Gasteiger charge is 2.27. The van der Waals surface area contributed by atoms with Gasteiger partial charge < -0.3 is 5.11 Å². The van der Waals surface area contributed by atoms with Crippen molar-refractivity contribution in [3.05, 3.63) is 44.8 Å². The molecule has 0 saturated heterocycles. The average molecular weight is 240 g/mol. The summed E-state index contributed by atoms with van der Waals surface area (Å²) < 4.78 is 0. The van der Waals surface area contributed by atoms with Gasteiger partial charge in [0, 0.05) is 9.75 Å². The predicted octanol–water partition coefficient (Wildman–Crippen LogP) is 4.09. The van der Waals surface area contributed by atoms with Crippen LogP contribution in [-0.2, 0) is 5.60 Å². The second kappa shape index (κ2) is 5.45. The lowest BCUT2D eigenvalue weighted by Gasteiger charge is -2.19. The molecule has 0 unspecified atom stereocenters. The Labute approximate surface area is 99.0 Å². The Kier molecular flexibility index (Phi) is 4.51. The number of thiophene rings is 2. The maximum Gasteiger partial charge on any atom is 0.130 e. The molecule has 0 saturated carbocycles. The van der Waals surface area contributed by atoms with Crippen LogP contribution in [0, 0.1) is 0 Å². The van der Waals surface area contributed by atoms with E-state index in [1.165, 1.54) is 0 Å². The molecular formula is C12H16OS2. The smallest absolute Gasteiger partial charge is 0.130 e. The zero-order valence-corrected chi connectivity index (χ0v) is 10.9. The minimum Gasteiger partial charge on any atom is -0.379 e. The Morgan fingerprint density at radius 2 is 1.40 bits per heavy atom. The molecule has 3 heteroatoms. The van der Waals surface area contributed by atoms with Crippen LogP contribution in [0.5, 0.6) is 0 Å². The number of rotatable bonds is 2. The summed E-state index contributed by atoms with van der Waals surface area (Å²) in [5.74, 6) is 0. The minimum atomic E-state index is -0.817. The lowest BCUT2D eigenvalue weighted by atomic mass is 10.0. The Hall–Kier alpha value is -0.640. The van der Waals surface area contributed by atoms with Crippen molar-refractivity contribution in [2.75, 3.05) is 0 Å². The minimum absolute atomic E-state index is 0.817. The van der Waals surface area contributed by atoms with E-state index in [-0.39, 0.29) is 0 Å². The van der Waals surface area contributed by atoms with Gasteiger partial charge in [-0.1, -0.05) is 26.0 Å². The molecule has 0 bridgehead atoms. The summed E-state index contributed by atoms with van der Waals surface area (Å²) in [7, 11) is 0. The van der Waals surface area contributed by atoms with E-state index in [0.29, 0.717) is 0 Å². The highest BCUT2D eigenvalue weighted by molar-refractivity contribution is 7.11. The van der Waals surface area contributed by atoms with Gasteiger partial charge in [-0.2, -0.15) is 0 Å². The molecule has 0 radical (unpaired) electrons. The quantitative estimate of drug-likeness (QED) is 0.838. The average Bonchev–Trinajstić information content (AvgIpc) is 2.95. The van der Waals surface area contributed by atoms with E-state index in [1.807, 2.05) is 55.8 Å². The van der Waals surface area contributed by atoms with Crippen molar-refractivity contribution in [3.8, 4) is 0 Å². The Bertz CT molecular complexity index is 324. The summed E-state index contributed by atoms with van der Waals surface area (Å²) in [5, 5.41) is 14.2. The van der Waals surface area contributed by atoms with Crippen LogP contribution < -0.4 is 0 Å². The van der Waals surface area contributed by atoms with Crippen molar-refractivity contribution in [2.45, 2.75) is 26.4 Å². The van der Waals surface area contributed by atoms with Crippen LogP contribution in [0.2, 0.25) is 0 Å². The predicted molar refractivity (Wildman–Crippen MR) is 68.7 cm³/mol. The first-order chi connectivity index (χ1) is 7.21. The van der Waals surface area contributed by atoms with Gasteiger partial charge in [0.05, 0.1) is 0 Å². The molecular weight excluding hydrogens is 224 g/mol. The van der Waals surface area contributed by atoms with Gasteiger partial charge in [0.1, 0.15) is 5.60 Å². The molecule has 2 aromatic heterocycles. The third-order valence-corrected chi connectivity index (χ3v) is 4.16. The van der Waals surface area contributed by atoms with Gasteiger partial charge >= 0.3 is 0 Å². The highest BCUT2D eigenvalue weighted by atomic mass is 32.1. The van der Waals surface area contributed by atoms with Gasteiger partial charge in [-0.25, -0.2) is 0 Å². The van der Waals surface area contributed by atoms with Crippen molar-refractivity contribution < 1.29 is 5.11 Å². The molecule has 0 amide bonds. The fraction of sp³-hybridized carbons (Fsp3) is 0.333. The molecule has 2 heterocycles. The van der Waals surface area contributed by atoms with Crippen molar-refractivity contribution in [1.29, 1.82) is 0 Å². The van der Waals surface area contributed by atoms with Crippen molar-refractivity contribution in [3.63, 3.8) is 0 Å². The summed E-state index contributed by atoms with van der Waals surface area (Å²) in [6.45, 7) is 5.84. The van der Waals surface area contributed by atoms with E-state index in [1.54, 1.807) is 22.7 Å². The fourth-order valence-corrected chi connectivity index (χ4v) is 2.90. The van der Waals surface area contributed by atoms with E-state index in [9.17, 15) is 5.11 Å². The summed E-state index contributed by atoms with van der Waals surface area (Å²) in [4.78, 5) is 1.99. The van der Waals surface area contributed by atoms with Crippen molar-refractivity contribution in [2.24, 2.45) is 0 Å². The Morgan fingerprint density at radius 1 is 1.00 bits per heavy atom. The number of aliphatic hydroxyl groups is 1. The fourth-order valence-electron chi connectivity index (χ4n) is 1.23. The van der Waals surface area contributed by atoms with E-state index in [4.69, 9.17) is 0 Å². The molecule has 0 spiro atoms. The molecule has 0 aliphatic heterocycles. The first-order valence-corrected chi connectivity index (χ1v) is 6.77. The Balaban J connectivity index is 0.000000531. The zero-order chi connectivity index (χ0) is 11.3. The second-order valence-electron chi connectivity index (χ2n) is 3.03. The van der Waals surface area contributed by atoms with Crippen LogP contribution in [0.15, 0.2) is 35.0 Å². The molecule has 2 rings (SSSR count). The molecule has 15 heavy (non-hydrogen) atoms. The van der Waals surface area contributed by atoms with Crippen LogP contribution in [0.25, 0.3) is 0 Å². The largest absolute Gasteiger partial charge is 0.379 e. The lowest BCUT2D eigenvalue weighted by Crippen LogP contribution is -2.19. The molecule has 0 aromatic carbocycles. The van der Waals surface area contributed by atoms with Crippen LogP contribution >= 0.6 is 22.7 Å². The second-order valence-corrected chi connectivity index (χ2v) is 4.92. The van der Waals surface area contributed by atoms with E-state index in [2.05, 4.69) is 0 Å². The third kappa shape index (κ3) is 2.68. The van der Waals surface area contributed by atoms with Crippen molar-refractivity contribution >= 4 is 22.7 Å². The maximum atomic E-state index is 10.3. The van der Waals surface area contributed by atoms with Gasteiger partial charge in [-0.15, -0.1) is 22.7 Å². The van der Waals surface area contributed by atoms with Gasteiger partial charge in [-0.3, -0.25) is 0 Å². The summed E-state index contributed by atoms with van der Waals surface area (Å²) in [6.07, 6.45) is 0. The highest BCUT2D eigenvalue weighted by Crippen LogP contribution is 2.34. The van der Waals surface area contributed by atoms with Gasteiger partial charge in [-0.05, 0) is 29.8 Å². The first kappa shape index (κ1) is 12.4. The monoisotopic (exact) mass is 240 g/mol. The van der Waals surface area contributed by atoms with Gasteiger partial charge in [0.15, 0.2) is 0 Å². The van der Waals surface area contributed by atoms with Crippen molar-refractivity contribution in [1.82, 2.24) is 0 Å². The number of hydrogen-bond donors (Lipinski definition) is 1. The first-order valence-electron chi connectivity index (χ1n) is 5.01. The third-order valence-electron chi connectivity index (χ3n) is 2.00. The summed E-state index contributed by atoms with van der Waals surface area (Å²) in [6, 6.07) is 7.85. The molecule has 1 nitrogen and oxygen atoms in total. The van der Waals surface area contributed by atoms with Crippen LogP contribution in [-0.4, -0.2) is 5.11 Å². The molecule has 0 aliphatic rings. The van der Waals surface area contributed by atoms with Gasteiger partial charge in [0.25, 0.3) is 0 Å². The molecule has 2 aromatic rings. The van der Waals surface area contributed by atoms with Gasteiger partial charge in [0.2, 0.25) is 0 Å². The Morgan fingerprint density at radius 3 is 1.67 bits per heavy atom. The molecule has 0 aliphatic carbocycles. The van der Waals surface area contributed by atoms with Crippen LogP contribution in [0.3, 0.4) is 0 Å². The van der Waals surface area contributed by atoms with Crippen LogP contribution in [0.4, 0.5) is 0 Å². The summed E-state index contributed by atoms with van der Waals surface area (Å²) in [5.41, 5.74) is -0.817. The maximum absolute atomic E-state index is 10.3. The zero-order valence-electron chi connectivity index (χ0n) is 9.23.